The second-order valence-corrected chi connectivity index (χ2v) is 7.45. The Kier molecular flexibility index (Phi) is 4.42. The van der Waals surface area contributed by atoms with Crippen LogP contribution in [0.2, 0.25) is 0 Å². The molecule has 2 rings (SSSR count). The lowest BCUT2D eigenvalue weighted by molar-refractivity contribution is 0.0691. The number of rotatable bonds is 4. The van der Waals surface area contributed by atoms with Gasteiger partial charge in [0.05, 0.1) is 11.5 Å². The lowest BCUT2D eigenvalue weighted by Gasteiger charge is -2.27. The summed E-state index contributed by atoms with van der Waals surface area (Å²) in [4.78, 5) is 18.5. The van der Waals surface area contributed by atoms with Crippen molar-refractivity contribution in [2.75, 3.05) is 18.1 Å². The van der Waals surface area contributed by atoms with Gasteiger partial charge in [0.15, 0.2) is 9.84 Å². The van der Waals surface area contributed by atoms with Crippen LogP contribution in [0.15, 0.2) is 18.2 Å². The summed E-state index contributed by atoms with van der Waals surface area (Å²) in [5.41, 5.74) is 1.18. The number of sulfone groups is 1. The highest BCUT2D eigenvalue weighted by molar-refractivity contribution is 7.91. The first-order chi connectivity index (χ1) is 9.43. The molecule has 1 unspecified atom stereocenters. The summed E-state index contributed by atoms with van der Waals surface area (Å²) >= 11 is 0. The van der Waals surface area contributed by atoms with Crippen molar-refractivity contribution < 1.29 is 13.2 Å². The topological polar surface area (TPSA) is 67.3 Å². The fourth-order valence-electron chi connectivity index (χ4n) is 2.52. The highest BCUT2D eigenvalue weighted by Gasteiger charge is 2.34. The van der Waals surface area contributed by atoms with Crippen LogP contribution < -0.4 is 0 Å². The number of carbonyl (C=O) groups is 1. The third kappa shape index (κ3) is 3.36. The predicted molar refractivity (Wildman–Crippen MR) is 77.4 cm³/mol. The molecule has 0 spiro atoms. The molecule has 1 fully saturated rings. The van der Waals surface area contributed by atoms with Gasteiger partial charge in [-0.15, -0.1) is 0 Å². The van der Waals surface area contributed by atoms with Gasteiger partial charge in [-0.05, 0) is 31.9 Å². The minimum atomic E-state index is -3.00. The Labute approximate surface area is 119 Å². The molecule has 2 heterocycles. The molecule has 0 aliphatic carbocycles. The average Bonchev–Trinajstić information content (AvgIpc) is 2.75. The van der Waals surface area contributed by atoms with E-state index < -0.39 is 9.84 Å². The van der Waals surface area contributed by atoms with E-state index in [2.05, 4.69) is 4.98 Å². The van der Waals surface area contributed by atoms with Crippen molar-refractivity contribution in [3.8, 4) is 0 Å². The van der Waals surface area contributed by atoms with Crippen molar-refractivity contribution in [1.29, 1.82) is 0 Å². The number of hydrogen-bond acceptors (Lipinski definition) is 4. The summed E-state index contributed by atoms with van der Waals surface area (Å²) in [6, 6.07) is 5.10. The second-order valence-electron chi connectivity index (χ2n) is 5.22. The monoisotopic (exact) mass is 296 g/mol. The van der Waals surface area contributed by atoms with E-state index in [1.807, 2.05) is 19.9 Å². The molecule has 5 nitrogen and oxygen atoms in total. The fraction of sp³-hybridized carbons (Fsp3) is 0.571. The molecule has 1 atom stereocenters. The molecule has 0 N–H and O–H groups in total. The Morgan fingerprint density at radius 1 is 1.45 bits per heavy atom. The van der Waals surface area contributed by atoms with Crippen LogP contribution in [-0.2, 0) is 9.84 Å². The van der Waals surface area contributed by atoms with Crippen molar-refractivity contribution in [3.05, 3.63) is 29.6 Å². The number of nitrogens with zero attached hydrogens (tertiary/aromatic N) is 2. The minimum Gasteiger partial charge on any atom is -0.333 e. The first-order valence-corrected chi connectivity index (χ1v) is 8.70. The van der Waals surface area contributed by atoms with Gasteiger partial charge in [0.1, 0.15) is 5.69 Å². The number of carbonyl (C=O) groups excluding carboxylic acids is 1. The van der Waals surface area contributed by atoms with Crippen LogP contribution in [0.5, 0.6) is 0 Å². The quantitative estimate of drug-likeness (QED) is 0.843. The largest absolute Gasteiger partial charge is 0.333 e. The first kappa shape index (κ1) is 15.0. The van der Waals surface area contributed by atoms with Gasteiger partial charge < -0.3 is 4.90 Å². The zero-order valence-electron chi connectivity index (χ0n) is 11.9. The van der Waals surface area contributed by atoms with Gasteiger partial charge in [0.2, 0.25) is 0 Å². The van der Waals surface area contributed by atoms with E-state index in [-0.39, 0.29) is 23.5 Å². The molecule has 110 valence electrons. The van der Waals surface area contributed by atoms with E-state index in [0.717, 1.165) is 12.1 Å². The highest BCUT2D eigenvalue weighted by Crippen LogP contribution is 2.20. The normalized spacial score (nSPS) is 20.8. The first-order valence-electron chi connectivity index (χ1n) is 6.88. The van der Waals surface area contributed by atoms with Gasteiger partial charge >= 0.3 is 0 Å². The molecule has 0 aromatic carbocycles. The standard InChI is InChI=1S/C14H20N2O3S/c1-3-8-16(12-7-9-20(18,19)10-12)14(17)13-6-4-5-11(2)15-13/h4-6,12H,3,7-10H2,1-2H3. The van der Waals surface area contributed by atoms with Gasteiger partial charge in [-0.1, -0.05) is 13.0 Å². The molecule has 6 heteroatoms. The summed E-state index contributed by atoms with van der Waals surface area (Å²) in [7, 11) is -3.00. The summed E-state index contributed by atoms with van der Waals surface area (Å²) in [6.07, 6.45) is 1.33. The molecule has 1 aromatic heterocycles. The number of aromatic nitrogens is 1. The average molecular weight is 296 g/mol. The van der Waals surface area contributed by atoms with Gasteiger partial charge in [-0.25, -0.2) is 13.4 Å². The number of aryl methyl sites for hydroxylation is 1. The molecule has 1 saturated heterocycles. The maximum Gasteiger partial charge on any atom is 0.272 e. The van der Waals surface area contributed by atoms with E-state index in [4.69, 9.17) is 0 Å². The number of pyridine rings is 1. The van der Waals surface area contributed by atoms with Gasteiger partial charge in [0, 0.05) is 18.3 Å². The van der Waals surface area contributed by atoms with Gasteiger partial charge in [-0.2, -0.15) is 0 Å². The second kappa shape index (κ2) is 5.91. The molecule has 20 heavy (non-hydrogen) atoms. The van der Waals surface area contributed by atoms with E-state index in [0.29, 0.717) is 18.7 Å². The Morgan fingerprint density at radius 3 is 2.75 bits per heavy atom. The lowest BCUT2D eigenvalue weighted by atomic mass is 10.2. The molecular weight excluding hydrogens is 276 g/mol. The summed E-state index contributed by atoms with van der Waals surface area (Å²) in [6.45, 7) is 4.38. The summed E-state index contributed by atoms with van der Waals surface area (Å²) in [5.74, 6) is 0.0781. The van der Waals surface area contributed by atoms with Crippen LogP contribution in [0, 0.1) is 6.92 Å². The molecule has 1 aliphatic heterocycles. The minimum absolute atomic E-state index is 0.0740. The third-order valence-electron chi connectivity index (χ3n) is 3.48. The number of amides is 1. The van der Waals surface area contributed by atoms with Crippen molar-refractivity contribution in [2.45, 2.75) is 32.7 Å². The Balaban J connectivity index is 2.22. The lowest BCUT2D eigenvalue weighted by Crippen LogP contribution is -2.42. The van der Waals surface area contributed by atoms with E-state index >= 15 is 0 Å². The van der Waals surface area contributed by atoms with Crippen LogP contribution in [0.4, 0.5) is 0 Å². The van der Waals surface area contributed by atoms with E-state index in [1.165, 1.54) is 0 Å². The van der Waals surface area contributed by atoms with Crippen LogP contribution >= 0.6 is 0 Å². The van der Waals surface area contributed by atoms with Crippen molar-refractivity contribution in [1.82, 2.24) is 9.88 Å². The van der Waals surface area contributed by atoms with Crippen LogP contribution in [-0.4, -0.2) is 48.3 Å². The third-order valence-corrected chi connectivity index (χ3v) is 5.23. The van der Waals surface area contributed by atoms with Gasteiger partial charge in [0.25, 0.3) is 5.91 Å². The van der Waals surface area contributed by atoms with E-state index in [1.54, 1.807) is 17.0 Å². The maximum atomic E-state index is 12.6. The molecule has 0 bridgehead atoms. The van der Waals surface area contributed by atoms with Crippen molar-refractivity contribution >= 4 is 15.7 Å². The summed E-state index contributed by atoms with van der Waals surface area (Å²) < 4.78 is 23.2. The Bertz CT molecular complexity index is 598. The zero-order chi connectivity index (χ0) is 14.8. The Hall–Kier alpha value is -1.43. The molecule has 0 saturated carbocycles. The zero-order valence-corrected chi connectivity index (χ0v) is 12.7. The SMILES string of the molecule is CCCN(C(=O)c1cccc(C)n1)C1CCS(=O)(=O)C1. The van der Waals surface area contributed by atoms with Crippen molar-refractivity contribution in [3.63, 3.8) is 0 Å². The van der Waals surface area contributed by atoms with Crippen LogP contribution in [0.1, 0.15) is 35.9 Å². The number of hydrogen-bond donors (Lipinski definition) is 0. The molecular formula is C14H20N2O3S. The van der Waals surface area contributed by atoms with E-state index in [9.17, 15) is 13.2 Å². The van der Waals surface area contributed by atoms with Crippen LogP contribution in [0.25, 0.3) is 0 Å². The maximum absolute atomic E-state index is 12.6. The summed E-state index contributed by atoms with van der Waals surface area (Å²) in [5, 5.41) is 0. The smallest absolute Gasteiger partial charge is 0.272 e. The fourth-order valence-corrected chi connectivity index (χ4v) is 4.25. The Morgan fingerprint density at radius 2 is 2.20 bits per heavy atom. The van der Waals surface area contributed by atoms with Crippen molar-refractivity contribution in [2.24, 2.45) is 0 Å². The predicted octanol–water partition coefficient (Wildman–Crippen LogP) is 1.43. The molecule has 1 aromatic rings. The van der Waals surface area contributed by atoms with Gasteiger partial charge in [-0.3, -0.25) is 4.79 Å². The highest BCUT2D eigenvalue weighted by atomic mass is 32.2. The van der Waals surface area contributed by atoms with Crippen LogP contribution in [0.3, 0.4) is 0 Å². The molecule has 1 aliphatic rings. The molecule has 0 radical (unpaired) electrons. The molecule has 1 amide bonds.